The molecule has 1 saturated carbocycles. The second kappa shape index (κ2) is 5.92. The Kier molecular flexibility index (Phi) is 4.26. The van der Waals surface area contributed by atoms with Gasteiger partial charge in [0.25, 0.3) is 0 Å². The van der Waals surface area contributed by atoms with E-state index in [4.69, 9.17) is 9.47 Å². The van der Waals surface area contributed by atoms with Gasteiger partial charge in [-0.2, -0.15) is 0 Å². The fraction of sp³-hybridized carbons (Fsp3) is 0.571. The first kappa shape index (κ1) is 12.2. The predicted octanol–water partition coefficient (Wildman–Crippen LogP) is 2.25. The minimum absolute atomic E-state index is 0.767. The lowest BCUT2D eigenvalue weighted by molar-refractivity contribution is 0.280. The van der Waals surface area contributed by atoms with Crippen LogP contribution in [-0.4, -0.2) is 27.3 Å². The zero-order valence-electron chi connectivity index (χ0n) is 10.7. The Hall–Kier alpha value is -1.22. The molecule has 0 radical (unpaired) electrons. The van der Waals surface area contributed by atoms with Gasteiger partial charge in [0.05, 0.1) is 13.7 Å². The van der Waals surface area contributed by atoms with Crippen LogP contribution in [0.2, 0.25) is 0 Å². The van der Waals surface area contributed by atoms with Crippen molar-refractivity contribution in [3.8, 4) is 11.5 Å². The molecular weight excluding hydrogens is 214 g/mol. The van der Waals surface area contributed by atoms with Gasteiger partial charge in [-0.3, -0.25) is 0 Å². The quantitative estimate of drug-likeness (QED) is 0.786. The van der Waals surface area contributed by atoms with Crippen molar-refractivity contribution in [3.05, 3.63) is 23.8 Å². The molecule has 0 spiro atoms. The van der Waals surface area contributed by atoms with Crippen molar-refractivity contribution in [1.29, 1.82) is 0 Å². The van der Waals surface area contributed by atoms with Crippen molar-refractivity contribution < 1.29 is 9.47 Å². The lowest BCUT2D eigenvalue weighted by atomic mass is 10.1. The molecule has 94 valence electrons. The highest BCUT2D eigenvalue weighted by Gasteiger charge is 2.22. The molecule has 0 aromatic heterocycles. The Labute approximate surface area is 103 Å². The number of hydrogen-bond donors (Lipinski definition) is 1. The molecule has 1 aromatic rings. The van der Waals surface area contributed by atoms with E-state index in [1.807, 2.05) is 13.1 Å². The molecule has 1 aliphatic rings. The van der Waals surface area contributed by atoms with Crippen molar-refractivity contribution in [3.63, 3.8) is 0 Å². The maximum atomic E-state index is 5.77. The molecule has 0 amide bonds. The van der Waals surface area contributed by atoms with Crippen LogP contribution in [0.25, 0.3) is 0 Å². The Morgan fingerprint density at radius 1 is 1.29 bits per heavy atom. The summed E-state index contributed by atoms with van der Waals surface area (Å²) in [6.07, 6.45) is 3.63. The zero-order valence-corrected chi connectivity index (χ0v) is 10.7. The minimum atomic E-state index is 0.767. The normalized spacial score (nSPS) is 14.7. The van der Waals surface area contributed by atoms with Crippen LogP contribution in [0.1, 0.15) is 18.4 Å². The number of nitrogens with one attached hydrogen (secondary N) is 1. The Bertz CT molecular complexity index is 361. The van der Waals surface area contributed by atoms with Crippen LogP contribution in [0.3, 0.4) is 0 Å². The van der Waals surface area contributed by atoms with Crippen LogP contribution in [0.5, 0.6) is 11.5 Å². The summed E-state index contributed by atoms with van der Waals surface area (Å²) in [6, 6.07) is 6.20. The number of hydrogen-bond acceptors (Lipinski definition) is 3. The fourth-order valence-corrected chi connectivity index (χ4v) is 1.75. The summed E-state index contributed by atoms with van der Waals surface area (Å²) in [7, 11) is 3.66. The number of benzene rings is 1. The van der Waals surface area contributed by atoms with Crippen LogP contribution in [0.15, 0.2) is 18.2 Å². The molecule has 1 aromatic carbocycles. The van der Waals surface area contributed by atoms with Crippen LogP contribution < -0.4 is 14.8 Å². The molecule has 1 fully saturated rings. The lowest BCUT2D eigenvalue weighted by Crippen LogP contribution is -2.10. The lowest BCUT2D eigenvalue weighted by Gasteiger charge is -2.12. The summed E-state index contributed by atoms with van der Waals surface area (Å²) < 4.78 is 11.1. The third-order valence-corrected chi connectivity index (χ3v) is 3.06. The number of rotatable bonds is 7. The van der Waals surface area contributed by atoms with Crippen LogP contribution in [0, 0.1) is 5.92 Å². The van der Waals surface area contributed by atoms with Gasteiger partial charge >= 0.3 is 0 Å². The fourth-order valence-electron chi connectivity index (χ4n) is 1.75. The molecule has 1 aliphatic carbocycles. The average Bonchev–Trinajstić information content (AvgIpc) is 3.18. The summed E-state index contributed by atoms with van der Waals surface area (Å²) in [5.41, 5.74) is 1.27. The van der Waals surface area contributed by atoms with E-state index in [9.17, 15) is 0 Å². The standard InChI is InChI=1S/C14H21NO2/c1-15-8-7-11-5-6-13(14(9-11)16-2)17-10-12-3-4-12/h5-6,9,12,15H,3-4,7-8,10H2,1-2H3. The van der Waals surface area contributed by atoms with Gasteiger partial charge in [0.15, 0.2) is 11.5 Å². The minimum Gasteiger partial charge on any atom is -0.493 e. The highest BCUT2D eigenvalue weighted by molar-refractivity contribution is 5.43. The van der Waals surface area contributed by atoms with Gasteiger partial charge in [-0.05, 0) is 56.5 Å². The monoisotopic (exact) mass is 235 g/mol. The molecule has 0 saturated heterocycles. The highest BCUT2D eigenvalue weighted by Crippen LogP contribution is 2.33. The van der Waals surface area contributed by atoms with E-state index in [0.717, 1.165) is 37.0 Å². The van der Waals surface area contributed by atoms with Crippen molar-refractivity contribution in [1.82, 2.24) is 5.32 Å². The Morgan fingerprint density at radius 2 is 2.12 bits per heavy atom. The molecule has 3 nitrogen and oxygen atoms in total. The van der Waals surface area contributed by atoms with Gasteiger partial charge in [0.1, 0.15) is 0 Å². The van der Waals surface area contributed by atoms with Gasteiger partial charge < -0.3 is 14.8 Å². The highest BCUT2D eigenvalue weighted by atomic mass is 16.5. The van der Waals surface area contributed by atoms with E-state index in [1.54, 1.807) is 7.11 Å². The SMILES string of the molecule is CNCCc1ccc(OCC2CC2)c(OC)c1. The van der Waals surface area contributed by atoms with E-state index < -0.39 is 0 Å². The summed E-state index contributed by atoms with van der Waals surface area (Å²) in [5, 5.41) is 3.14. The van der Waals surface area contributed by atoms with Crippen molar-refractivity contribution in [2.75, 3.05) is 27.3 Å². The molecule has 0 atom stereocenters. The summed E-state index contributed by atoms with van der Waals surface area (Å²) >= 11 is 0. The third-order valence-electron chi connectivity index (χ3n) is 3.06. The van der Waals surface area contributed by atoms with Crippen molar-refractivity contribution in [2.45, 2.75) is 19.3 Å². The topological polar surface area (TPSA) is 30.5 Å². The van der Waals surface area contributed by atoms with Gasteiger partial charge in [-0.1, -0.05) is 6.07 Å². The van der Waals surface area contributed by atoms with Crippen LogP contribution in [-0.2, 0) is 6.42 Å². The van der Waals surface area contributed by atoms with Gasteiger partial charge in [-0.15, -0.1) is 0 Å². The van der Waals surface area contributed by atoms with Crippen LogP contribution in [0.4, 0.5) is 0 Å². The summed E-state index contributed by atoms with van der Waals surface area (Å²) in [6.45, 7) is 1.80. The molecular formula is C14H21NO2. The van der Waals surface area contributed by atoms with Gasteiger partial charge in [0, 0.05) is 0 Å². The predicted molar refractivity (Wildman–Crippen MR) is 68.8 cm³/mol. The van der Waals surface area contributed by atoms with Crippen molar-refractivity contribution >= 4 is 0 Å². The number of methoxy groups -OCH3 is 1. The molecule has 2 rings (SSSR count). The molecule has 0 aliphatic heterocycles. The molecule has 17 heavy (non-hydrogen) atoms. The molecule has 3 heteroatoms. The van der Waals surface area contributed by atoms with E-state index in [0.29, 0.717) is 0 Å². The second-order valence-electron chi connectivity index (χ2n) is 4.59. The molecule has 0 unspecified atom stereocenters. The van der Waals surface area contributed by atoms with E-state index in [-0.39, 0.29) is 0 Å². The summed E-state index contributed by atoms with van der Waals surface area (Å²) in [5.74, 6) is 2.48. The first-order chi connectivity index (χ1) is 8.33. The molecule has 0 heterocycles. The number of ether oxygens (including phenoxy) is 2. The Balaban J connectivity index is 1.98. The van der Waals surface area contributed by atoms with E-state index >= 15 is 0 Å². The largest absolute Gasteiger partial charge is 0.493 e. The maximum absolute atomic E-state index is 5.77. The second-order valence-corrected chi connectivity index (χ2v) is 4.59. The Morgan fingerprint density at radius 3 is 2.76 bits per heavy atom. The smallest absolute Gasteiger partial charge is 0.161 e. The third kappa shape index (κ3) is 3.63. The average molecular weight is 235 g/mol. The zero-order chi connectivity index (χ0) is 12.1. The van der Waals surface area contributed by atoms with E-state index in [1.165, 1.54) is 18.4 Å². The first-order valence-corrected chi connectivity index (χ1v) is 6.28. The van der Waals surface area contributed by atoms with Gasteiger partial charge in [-0.25, -0.2) is 0 Å². The molecule has 0 bridgehead atoms. The van der Waals surface area contributed by atoms with Crippen molar-refractivity contribution in [2.24, 2.45) is 5.92 Å². The van der Waals surface area contributed by atoms with Crippen LogP contribution >= 0.6 is 0 Å². The summed E-state index contributed by atoms with van der Waals surface area (Å²) in [4.78, 5) is 0. The first-order valence-electron chi connectivity index (χ1n) is 6.28. The number of likely N-dealkylation sites (N-methyl/N-ethyl adjacent to an activating group) is 1. The van der Waals surface area contributed by atoms with Gasteiger partial charge in [0.2, 0.25) is 0 Å². The maximum Gasteiger partial charge on any atom is 0.161 e. The van der Waals surface area contributed by atoms with E-state index in [2.05, 4.69) is 17.4 Å². The molecule has 1 N–H and O–H groups in total.